The molecule has 0 bridgehead atoms. The highest BCUT2D eigenvalue weighted by Crippen LogP contribution is 2.32. The Hall–Kier alpha value is -1.36. The van der Waals surface area contributed by atoms with E-state index in [2.05, 4.69) is 20.7 Å². The predicted octanol–water partition coefficient (Wildman–Crippen LogP) is 2.55. The molecule has 5 heteroatoms. The van der Waals surface area contributed by atoms with Crippen molar-refractivity contribution in [2.45, 2.75) is 12.8 Å². The third-order valence-corrected chi connectivity index (χ3v) is 3.18. The average Bonchev–Trinajstić information content (AvgIpc) is 2.36. The van der Waals surface area contributed by atoms with Gasteiger partial charge in [0.05, 0.1) is 20.1 Å². The Kier molecular flexibility index (Phi) is 4.69. The van der Waals surface area contributed by atoms with Gasteiger partial charge < -0.3 is 9.47 Å². The molecule has 1 rings (SSSR count). The predicted molar refractivity (Wildman–Crippen MR) is 66.5 cm³/mol. The van der Waals surface area contributed by atoms with Crippen molar-refractivity contribution in [1.82, 2.24) is 0 Å². The lowest BCUT2D eigenvalue weighted by molar-refractivity contribution is -0.142. The van der Waals surface area contributed by atoms with Gasteiger partial charge in [-0.2, -0.15) is 0 Å². The Bertz CT molecular complexity index is 442. The maximum absolute atomic E-state index is 11.5. The van der Waals surface area contributed by atoms with Crippen LogP contribution in [0, 0.1) is 0 Å². The molecule has 0 amide bonds. The third kappa shape index (κ3) is 2.85. The molecule has 4 nitrogen and oxygen atoms in total. The molecular formula is C12H13BrO4. The van der Waals surface area contributed by atoms with Gasteiger partial charge in [-0.1, -0.05) is 15.9 Å². The standard InChI is InChI=1S/C12H13BrO4/c1-7(12(15)17-3)9-5-10(13)8(6-14)4-11(9)16-2/h4-7H,1-3H3. The van der Waals surface area contributed by atoms with Crippen molar-refractivity contribution in [1.29, 1.82) is 0 Å². The van der Waals surface area contributed by atoms with Crippen LogP contribution in [0.15, 0.2) is 16.6 Å². The molecule has 0 spiro atoms. The number of methoxy groups -OCH3 is 2. The summed E-state index contributed by atoms with van der Waals surface area (Å²) in [7, 11) is 2.82. The fourth-order valence-electron chi connectivity index (χ4n) is 1.49. The first-order chi connectivity index (χ1) is 8.04. The minimum atomic E-state index is -0.452. The molecule has 0 aromatic heterocycles. The first-order valence-electron chi connectivity index (χ1n) is 4.95. The number of hydrogen-bond acceptors (Lipinski definition) is 4. The minimum Gasteiger partial charge on any atom is -0.496 e. The van der Waals surface area contributed by atoms with Crippen molar-refractivity contribution in [2.24, 2.45) is 0 Å². The molecule has 0 aliphatic heterocycles. The van der Waals surface area contributed by atoms with E-state index >= 15 is 0 Å². The topological polar surface area (TPSA) is 52.6 Å². The summed E-state index contributed by atoms with van der Waals surface area (Å²) in [5.74, 6) is -0.311. The van der Waals surface area contributed by atoms with Crippen molar-refractivity contribution in [2.75, 3.05) is 14.2 Å². The van der Waals surface area contributed by atoms with Crippen LogP contribution in [0.4, 0.5) is 0 Å². The molecule has 1 atom stereocenters. The maximum atomic E-state index is 11.5. The summed E-state index contributed by atoms with van der Waals surface area (Å²) in [6.45, 7) is 1.72. The molecule has 1 aromatic rings. The Morgan fingerprint density at radius 1 is 1.41 bits per heavy atom. The lowest BCUT2D eigenvalue weighted by Gasteiger charge is -2.15. The number of hydrogen-bond donors (Lipinski definition) is 0. The van der Waals surface area contributed by atoms with Crippen LogP contribution in [-0.2, 0) is 9.53 Å². The van der Waals surface area contributed by atoms with E-state index in [0.717, 1.165) is 6.29 Å². The second-order valence-electron chi connectivity index (χ2n) is 3.48. The van der Waals surface area contributed by atoms with Crippen molar-refractivity contribution >= 4 is 28.2 Å². The van der Waals surface area contributed by atoms with Gasteiger partial charge in [-0.15, -0.1) is 0 Å². The second kappa shape index (κ2) is 5.82. The monoisotopic (exact) mass is 300 g/mol. The molecule has 92 valence electrons. The molecule has 0 saturated carbocycles. The lowest BCUT2D eigenvalue weighted by Crippen LogP contribution is -2.12. The molecule has 0 saturated heterocycles. The smallest absolute Gasteiger partial charge is 0.312 e. The van der Waals surface area contributed by atoms with Crippen molar-refractivity contribution in [3.63, 3.8) is 0 Å². The highest BCUT2D eigenvalue weighted by molar-refractivity contribution is 9.10. The summed E-state index contributed by atoms with van der Waals surface area (Å²) >= 11 is 3.27. The van der Waals surface area contributed by atoms with Gasteiger partial charge in [0.2, 0.25) is 0 Å². The van der Waals surface area contributed by atoms with Crippen molar-refractivity contribution in [3.05, 3.63) is 27.7 Å². The average molecular weight is 301 g/mol. The summed E-state index contributed by atoms with van der Waals surface area (Å²) in [6.07, 6.45) is 0.721. The molecule has 0 N–H and O–H groups in total. The van der Waals surface area contributed by atoms with E-state index in [0.29, 0.717) is 21.3 Å². The van der Waals surface area contributed by atoms with Crippen LogP contribution in [0.3, 0.4) is 0 Å². The van der Waals surface area contributed by atoms with Crippen LogP contribution in [0.2, 0.25) is 0 Å². The van der Waals surface area contributed by atoms with Crippen LogP contribution in [0.1, 0.15) is 28.8 Å². The molecule has 0 fully saturated rings. The number of rotatable bonds is 4. The highest BCUT2D eigenvalue weighted by Gasteiger charge is 2.21. The zero-order chi connectivity index (χ0) is 13.0. The Balaban J connectivity index is 3.27. The van der Waals surface area contributed by atoms with Gasteiger partial charge in [-0.3, -0.25) is 9.59 Å². The summed E-state index contributed by atoms with van der Waals surface area (Å²) in [5.41, 5.74) is 1.15. The number of carbonyl (C=O) groups excluding carboxylic acids is 2. The van der Waals surface area contributed by atoms with E-state index in [1.807, 2.05) is 0 Å². The van der Waals surface area contributed by atoms with Crippen LogP contribution in [0.25, 0.3) is 0 Å². The minimum absolute atomic E-state index is 0.353. The first-order valence-corrected chi connectivity index (χ1v) is 5.74. The van der Waals surface area contributed by atoms with E-state index in [4.69, 9.17) is 4.74 Å². The summed E-state index contributed by atoms with van der Waals surface area (Å²) in [5, 5.41) is 0. The van der Waals surface area contributed by atoms with Gasteiger partial charge in [0, 0.05) is 15.6 Å². The number of halogens is 1. The van der Waals surface area contributed by atoms with Crippen molar-refractivity contribution < 1.29 is 19.1 Å². The molecule has 17 heavy (non-hydrogen) atoms. The number of ether oxygens (including phenoxy) is 2. The summed E-state index contributed by atoms with van der Waals surface area (Å²) < 4.78 is 10.5. The van der Waals surface area contributed by atoms with Gasteiger partial charge in [0.1, 0.15) is 5.75 Å². The lowest BCUT2D eigenvalue weighted by atomic mass is 9.99. The Morgan fingerprint density at radius 3 is 2.53 bits per heavy atom. The molecule has 1 aromatic carbocycles. The van der Waals surface area contributed by atoms with Crippen LogP contribution in [0.5, 0.6) is 5.75 Å². The van der Waals surface area contributed by atoms with E-state index in [1.54, 1.807) is 19.1 Å². The third-order valence-electron chi connectivity index (χ3n) is 2.50. The molecule has 0 aliphatic rings. The second-order valence-corrected chi connectivity index (χ2v) is 4.33. The summed E-state index contributed by atoms with van der Waals surface area (Å²) in [4.78, 5) is 22.3. The number of benzene rings is 1. The first kappa shape index (κ1) is 13.7. The van der Waals surface area contributed by atoms with Crippen LogP contribution in [-0.4, -0.2) is 26.5 Å². The van der Waals surface area contributed by atoms with E-state index in [9.17, 15) is 9.59 Å². The Labute approximate surface area is 108 Å². The van der Waals surface area contributed by atoms with Crippen molar-refractivity contribution in [3.8, 4) is 5.75 Å². The van der Waals surface area contributed by atoms with E-state index in [-0.39, 0.29) is 5.97 Å². The molecule has 1 unspecified atom stereocenters. The molecular weight excluding hydrogens is 288 g/mol. The number of esters is 1. The van der Waals surface area contributed by atoms with Gasteiger partial charge in [-0.05, 0) is 19.1 Å². The van der Waals surface area contributed by atoms with E-state index < -0.39 is 5.92 Å². The summed E-state index contributed by atoms with van der Waals surface area (Å²) in [6, 6.07) is 3.29. The molecule has 0 radical (unpaired) electrons. The largest absolute Gasteiger partial charge is 0.496 e. The van der Waals surface area contributed by atoms with Gasteiger partial charge in [0.25, 0.3) is 0 Å². The fraction of sp³-hybridized carbons (Fsp3) is 0.333. The highest BCUT2D eigenvalue weighted by atomic mass is 79.9. The normalized spacial score (nSPS) is 11.8. The van der Waals surface area contributed by atoms with Gasteiger partial charge >= 0.3 is 5.97 Å². The molecule has 0 heterocycles. The maximum Gasteiger partial charge on any atom is 0.312 e. The SMILES string of the molecule is COC(=O)C(C)c1cc(Br)c(C=O)cc1OC. The fourth-order valence-corrected chi connectivity index (χ4v) is 1.95. The zero-order valence-electron chi connectivity index (χ0n) is 9.82. The Morgan fingerprint density at radius 2 is 2.06 bits per heavy atom. The zero-order valence-corrected chi connectivity index (χ0v) is 11.4. The van der Waals surface area contributed by atoms with E-state index in [1.165, 1.54) is 14.2 Å². The quantitative estimate of drug-likeness (QED) is 0.633. The molecule has 0 aliphatic carbocycles. The van der Waals surface area contributed by atoms with Crippen LogP contribution < -0.4 is 4.74 Å². The van der Waals surface area contributed by atoms with Gasteiger partial charge in [0.15, 0.2) is 6.29 Å². The van der Waals surface area contributed by atoms with Crippen LogP contribution >= 0.6 is 15.9 Å². The van der Waals surface area contributed by atoms with Gasteiger partial charge in [-0.25, -0.2) is 0 Å². The number of aldehydes is 1. The number of carbonyl (C=O) groups is 2.